The first-order valence-corrected chi connectivity index (χ1v) is 7.09. The number of halogens is 1. The molecular weight excluding hydrogens is 302 g/mol. The van der Waals surface area contributed by atoms with Crippen LogP contribution in [0.3, 0.4) is 0 Å². The van der Waals surface area contributed by atoms with E-state index in [-0.39, 0.29) is 23.7 Å². The van der Waals surface area contributed by atoms with Crippen LogP contribution in [0.5, 0.6) is 5.75 Å². The van der Waals surface area contributed by atoms with Crippen LogP contribution in [0.4, 0.5) is 0 Å². The molecule has 0 saturated heterocycles. The summed E-state index contributed by atoms with van der Waals surface area (Å²) >= 11 is 5.82. The topological polar surface area (TPSA) is 69.4 Å². The SMILES string of the molecule is Cc1ccc(C(=O)COc2ccc(Cl)cc2C(N)=O)cc1C. The average molecular weight is 318 g/mol. The van der Waals surface area contributed by atoms with Crippen LogP contribution in [0.25, 0.3) is 0 Å². The van der Waals surface area contributed by atoms with E-state index in [0.717, 1.165) is 11.1 Å². The van der Waals surface area contributed by atoms with Gasteiger partial charge < -0.3 is 10.5 Å². The zero-order valence-corrected chi connectivity index (χ0v) is 13.1. The molecule has 0 fully saturated rings. The fourth-order valence-electron chi connectivity index (χ4n) is 1.96. The Morgan fingerprint density at radius 2 is 1.82 bits per heavy atom. The third-order valence-corrected chi connectivity index (χ3v) is 3.63. The molecule has 0 saturated carbocycles. The zero-order valence-electron chi connectivity index (χ0n) is 12.4. The normalized spacial score (nSPS) is 10.3. The van der Waals surface area contributed by atoms with E-state index in [0.29, 0.717) is 10.6 Å². The second kappa shape index (κ2) is 6.62. The summed E-state index contributed by atoms with van der Waals surface area (Å²) in [6, 6.07) is 9.97. The highest BCUT2D eigenvalue weighted by Gasteiger charge is 2.13. The minimum Gasteiger partial charge on any atom is -0.485 e. The van der Waals surface area contributed by atoms with Gasteiger partial charge in [-0.3, -0.25) is 9.59 Å². The minimum atomic E-state index is -0.656. The molecule has 0 spiro atoms. The Bertz CT molecular complexity index is 741. The van der Waals surface area contributed by atoms with Crippen LogP contribution in [-0.4, -0.2) is 18.3 Å². The first-order chi connectivity index (χ1) is 10.4. The van der Waals surface area contributed by atoms with Gasteiger partial charge >= 0.3 is 0 Å². The van der Waals surface area contributed by atoms with Gasteiger partial charge in [0.15, 0.2) is 12.4 Å². The largest absolute Gasteiger partial charge is 0.485 e. The van der Waals surface area contributed by atoms with Crippen LogP contribution in [0.2, 0.25) is 5.02 Å². The number of aryl methyl sites for hydroxylation is 2. The van der Waals surface area contributed by atoms with Crippen molar-refractivity contribution in [3.05, 3.63) is 63.7 Å². The van der Waals surface area contributed by atoms with Gasteiger partial charge in [0.2, 0.25) is 0 Å². The van der Waals surface area contributed by atoms with E-state index in [9.17, 15) is 9.59 Å². The average Bonchev–Trinajstić information content (AvgIpc) is 2.48. The fourth-order valence-corrected chi connectivity index (χ4v) is 2.13. The highest BCUT2D eigenvalue weighted by molar-refractivity contribution is 6.31. The number of carbonyl (C=O) groups excluding carboxylic acids is 2. The van der Waals surface area contributed by atoms with Gasteiger partial charge in [-0.25, -0.2) is 0 Å². The molecule has 0 radical (unpaired) electrons. The third-order valence-electron chi connectivity index (χ3n) is 3.39. The predicted molar refractivity (Wildman–Crippen MR) is 85.7 cm³/mol. The van der Waals surface area contributed by atoms with E-state index in [1.165, 1.54) is 12.1 Å². The Morgan fingerprint density at radius 1 is 1.09 bits per heavy atom. The summed E-state index contributed by atoms with van der Waals surface area (Å²) in [5.74, 6) is -0.585. The molecule has 0 atom stereocenters. The highest BCUT2D eigenvalue weighted by Crippen LogP contribution is 2.22. The van der Waals surface area contributed by atoms with Crippen molar-refractivity contribution in [2.75, 3.05) is 6.61 Å². The maximum Gasteiger partial charge on any atom is 0.252 e. The van der Waals surface area contributed by atoms with E-state index in [1.54, 1.807) is 12.1 Å². The molecule has 0 aliphatic rings. The molecule has 2 aromatic rings. The zero-order chi connectivity index (χ0) is 16.3. The molecule has 1 amide bonds. The number of amides is 1. The second-order valence-corrected chi connectivity index (χ2v) is 5.45. The molecule has 4 nitrogen and oxygen atoms in total. The van der Waals surface area contributed by atoms with Crippen molar-refractivity contribution < 1.29 is 14.3 Å². The molecule has 2 rings (SSSR count). The van der Waals surface area contributed by atoms with Crippen molar-refractivity contribution in [2.24, 2.45) is 5.73 Å². The van der Waals surface area contributed by atoms with Gasteiger partial charge in [0.25, 0.3) is 5.91 Å². The minimum absolute atomic E-state index is 0.153. The van der Waals surface area contributed by atoms with E-state index < -0.39 is 5.91 Å². The summed E-state index contributed by atoms with van der Waals surface area (Å²) in [4.78, 5) is 23.5. The van der Waals surface area contributed by atoms with E-state index in [1.807, 2.05) is 26.0 Å². The van der Waals surface area contributed by atoms with Crippen LogP contribution in [-0.2, 0) is 0 Å². The Morgan fingerprint density at radius 3 is 2.45 bits per heavy atom. The smallest absolute Gasteiger partial charge is 0.252 e. The van der Waals surface area contributed by atoms with Crippen LogP contribution in [0.15, 0.2) is 36.4 Å². The van der Waals surface area contributed by atoms with Gasteiger partial charge in [0.1, 0.15) is 5.75 Å². The maximum atomic E-state index is 12.2. The lowest BCUT2D eigenvalue weighted by Crippen LogP contribution is -2.16. The number of hydrogen-bond acceptors (Lipinski definition) is 3. The van der Waals surface area contributed by atoms with Gasteiger partial charge in [-0.05, 0) is 49.2 Å². The van der Waals surface area contributed by atoms with Gasteiger partial charge in [-0.1, -0.05) is 23.7 Å². The Balaban J connectivity index is 2.14. The Hall–Kier alpha value is -2.33. The molecule has 114 valence electrons. The molecule has 0 aliphatic carbocycles. The number of ether oxygens (including phenoxy) is 1. The lowest BCUT2D eigenvalue weighted by Gasteiger charge is -2.10. The van der Waals surface area contributed by atoms with Gasteiger partial charge in [0, 0.05) is 10.6 Å². The third kappa shape index (κ3) is 3.65. The lowest BCUT2D eigenvalue weighted by molar-refractivity contribution is 0.0912. The van der Waals surface area contributed by atoms with Crippen LogP contribution in [0.1, 0.15) is 31.8 Å². The van der Waals surface area contributed by atoms with Gasteiger partial charge in [0.05, 0.1) is 5.56 Å². The number of ketones is 1. The van der Waals surface area contributed by atoms with Crippen molar-refractivity contribution in [3.8, 4) is 5.75 Å². The highest BCUT2D eigenvalue weighted by atomic mass is 35.5. The standard InChI is InChI=1S/C17H16ClNO3/c1-10-3-4-12(7-11(10)2)15(20)9-22-16-6-5-13(18)8-14(16)17(19)21/h3-8H,9H2,1-2H3,(H2,19,21). The van der Waals surface area contributed by atoms with Gasteiger partial charge in [-0.2, -0.15) is 0 Å². The van der Waals surface area contributed by atoms with Crippen LogP contribution < -0.4 is 10.5 Å². The molecule has 0 aliphatic heterocycles. The van der Waals surface area contributed by atoms with E-state index in [4.69, 9.17) is 22.1 Å². The number of benzene rings is 2. The Kier molecular flexibility index (Phi) is 4.83. The summed E-state index contributed by atoms with van der Waals surface area (Å²) in [5.41, 5.74) is 8.15. The Labute approximate surface area is 133 Å². The van der Waals surface area contributed by atoms with Crippen molar-refractivity contribution in [2.45, 2.75) is 13.8 Å². The lowest BCUT2D eigenvalue weighted by atomic mass is 10.0. The maximum absolute atomic E-state index is 12.2. The predicted octanol–water partition coefficient (Wildman–Crippen LogP) is 3.32. The number of hydrogen-bond donors (Lipinski definition) is 1. The summed E-state index contributed by atoms with van der Waals surface area (Å²) in [7, 11) is 0. The van der Waals surface area contributed by atoms with E-state index >= 15 is 0 Å². The number of rotatable bonds is 5. The van der Waals surface area contributed by atoms with Crippen molar-refractivity contribution >= 4 is 23.3 Å². The van der Waals surface area contributed by atoms with Gasteiger partial charge in [-0.15, -0.1) is 0 Å². The number of nitrogens with two attached hydrogens (primary N) is 1. The van der Waals surface area contributed by atoms with Crippen molar-refractivity contribution in [1.29, 1.82) is 0 Å². The molecule has 2 N–H and O–H groups in total. The molecule has 2 aromatic carbocycles. The molecule has 0 aromatic heterocycles. The monoisotopic (exact) mass is 317 g/mol. The number of carbonyl (C=O) groups is 2. The number of Topliss-reactive ketones (excluding diaryl/α,β-unsaturated/α-hetero) is 1. The van der Waals surface area contributed by atoms with Crippen molar-refractivity contribution in [1.82, 2.24) is 0 Å². The molecule has 5 heteroatoms. The van der Waals surface area contributed by atoms with Crippen LogP contribution in [0, 0.1) is 13.8 Å². The first kappa shape index (κ1) is 16.0. The quantitative estimate of drug-likeness (QED) is 0.860. The molecule has 0 unspecified atom stereocenters. The summed E-state index contributed by atoms with van der Waals surface area (Å²) < 4.78 is 5.43. The van der Waals surface area contributed by atoms with E-state index in [2.05, 4.69) is 0 Å². The number of primary amides is 1. The first-order valence-electron chi connectivity index (χ1n) is 6.71. The molecule has 0 heterocycles. The fraction of sp³-hybridized carbons (Fsp3) is 0.176. The molecule has 0 bridgehead atoms. The molecule has 22 heavy (non-hydrogen) atoms. The summed E-state index contributed by atoms with van der Waals surface area (Å²) in [6.45, 7) is 3.74. The second-order valence-electron chi connectivity index (χ2n) is 5.02. The summed E-state index contributed by atoms with van der Waals surface area (Å²) in [5, 5.41) is 0.377. The molecular formula is C17H16ClNO3. The van der Waals surface area contributed by atoms with Crippen LogP contribution >= 0.6 is 11.6 Å². The van der Waals surface area contributed by atoms with Crippen molar-refractivity contribution in [3.63, 3.8) is 0 Å². The summed E-state index contributed by atoms with van der Waals surface area (Å²) in [6.07, 6.45) is 0.